The summed E-state index contributed by atoms with van der Waals surface area (Å²) in [5.74, 6) is 0.890. The second-order valence-electron chi connectivity index (χ2n) is 5.48. The molecule has 0 saturated heterocycles. The molecule has 2 heteroatoms. The fourth-order valence-corrected chi connectivity index (χ4v) is 1.57. The Morgan fingerprint density at radius 2 is 2.00 bits per heavy atom. The molecule has 0 radical (unpaired) electrons. The maximum Gasteiger partial charge on any atom is 0.119 e. The van der Waals surface area contributed by atoms with Crippen molar-refractivity contribution < 1.29 is 9.84 Å². The molecule has 0 aliphatic carbocycles. The molecule has 1 N–H and O–H groups in total. The number of hydrogen-bond donors (Lipinski definition) is 1. The highest BCUT2D eigenvalue weighted by Crippen LogP contribution is 2.25. The quantitative estimate of drug-likeness (QED) is 0.847. The average molecular weight is 236 g/mol. The van der Waals surface area contributed by atoms with Crippen molar-refractivity contribution in [2.45, 2.75) is 52.1 Å². The standard InChI is InChI=1S/C15H24O2/c1-5-13(16)9-10-17-14-8-6-7-12(11-14)15(2,3)4/h6-8,11,13,16H,5,9-10H2,1-4H3. The second kappa shape index (κ2) is 6.06. The molecule has 0 saturated carbocycles. The van der Waals surface area contributed by atoms with Crippen LogP contribution in [0.25, 0.3) is 0 Å². The number of benzene rings is 1. The molecular formula is C15H24O2. The Morgan fingerprint density at radius 1 is 1.29 bits per heavy atom. The van der Waals surface area contributed by atoms with E-state index in [-0.39, 0.29) is 11.5 Å². The molecule has 2 nitrogen and oxygen atoms in total. The third kappa shape index (κ3) is 4.78. The fraction of sp³-hybridized carbons (Fsp3) is 0.600. The maximum atomic E-state index is 9.44. The lowest BCUT2D eigenvalue weighted by Crippen LogP contribution is -2.12. The minimum absolute atomic E-state index is 0.141. The van der Waals surface area contributed by atoms with Crippen LogP contribution in [0.4, 0.5) is 0 Å². The summed E-state index contributed by atoms with van der Waals surface area (Å²) in [4.78, 5) is 0. The lowest BCUT2D eigenvalue weighted by Gasteiger charge is -2.20. The summed E-state index contributed by atoms with van der Waals surface area (Å²) in [5.41, 5.74) is 1.41. The molecule has 1 aromatic rings. The first-order chi connectivity index (χ1) is 7.93. The lowest BCUT2D eigenvalue weighted by molar-refractivity contribution is 0.135. The molecule has 1 rings (SSSR count). The van der Waals surface area contributed by atoms with Gasteiger partial charge in [-0.1, -0.05) is 39.8 Å². The molecule has 1 atom stereocenters. The Kier molecular flexibility index (Phi) is 5.01. The van der Waals surface area contributed by atoms with Crippen LogP contribution in [0, 0.1) is 0 Å². The van der Waals surface area contributed by atoms with Crippen LogP contribution < -0.4 is 4.74 Å². The van der Waals surface area contributed by atoms with Gasteiger partial charge in [-0.25, -0.2) is 0 Å². The van der Waals surface area contributed by atoms with E-state index in [4.69, 9.17) is 4.74 Å². The largest absolute Gasteiger partial charge is 0.493 e. The number of hydrogen-bond acceptors (Lipinski definition) is 2. The Bertz CT molecular complexity index is 339. The van der Waals surface area contributed by atoms with E-state index in [2.05, 4.69) is 32.9 Å². The molecule has 0 aliphatic rings. The van der Waals surface area contributed by atoms with E-state index in [0.29, 0.717) is 13.0 Å². The Hall–Kier alpha value is -1.02. The first-order valence-corrected chi connectivity index (χ1v) is 6.35. The minimum atomic E-state index is -0.249. The van der Waals surface area contributed by atoms with Crippen LogP contribution in [0.15, 0.2) is 24.3 Å². The summed E-state index contributed by atoms with van der Waals surface area (Å²) in [6.45, 7) is 9.11. The summed E-state index contributed by atoms with van der Waals surface area (Å²) < 4.78 is 5.65. The number of aliphatic hydroxyl groups excluding tert-OH is 1. The average Bonchev–Trinajstić information content (AvgIpc) is 2.28. The molecular weight excluding hydrogens is 212 g/mol. The van der Waals surface area contributed by atoms with Crippen LogP contribution >= 0.6 is 0 Å². The predicted molar refractivity (Wildman–Crippen MR) is 71.6 cm³/mol. The van der Waals surface area contributed by atoms with Gasteiger partial charge in [0.15, 0.2) is 0 Å². The smallest absolute Gasteiger partial charge is 0.119 e. The molecule has 0 aliphatic heterocycles. The van der Waals surface area contributed by atoms with Gasteiger partial charge in [-0.3, -0.25) is 0 Å². The van der Waals surface area contributed by atoms with Crippen LogP contribution in [0.1, 0.15) is 46.1 Å². The van der Waals surface area contributed by atoms with Crippen LogP contribution in [-0.2, 0) is 5.41 Å². The summed E-state index contributed by atoms with van der Waals surface area (Å²) in [6.07, 6.45) is 1.22. The monoisotopic (exact) mass is 236 g/mol. The van der Waals surface area contributed by atoms with Crippen molar-refractivity contribution in [1.82, 2.24) is 0 Å². The third-order valence-corrected chi connectivity index (χ3v) is 2.89. The fourth-order valence-electron chi connectivity index (χ4n) is 1.57. The molecule has 0 amide bonds. The van der Waals surface area contributed by atoms with E-state index in [1.807, 2.05) is 19.1 Å². The zero-order chi connectivity index (χ0) is 12.9. The number of ether oxygens (including phenoxy) is 1. The molecule has 1 aromatic carbocycles. The van der Waals surface area contributed by atoms with Crippen LogP contribution in [0.3, 0.4) is 0 Å². The van der Waals surface area contributed by atoms with Crippen molar-refractivity contribution in [1.29, 1.82) is 0 Å². The molecule has 17 heavy (non-hydrogen) atoms. The van der Waals surface area contributed by atoms with Crippen LogP contribution in [-0.4, -0.2) is 17.8 Å². The molecule has 1 unspecified atom stereocenters. The van der Waals surface area contributed by atoms with Gasteiger partial charge < -0.3 is 9.84 Å². The van der Waals surface area contributed by atoms with Crippen molar-refractivity contribution in [3.63, 3.8) is 0 Å². The molecule has 0 heterocycles. The zero-order valence-electron chi connectivity index (χ0n) is 11.4. The molecule has 0 spiro atoms. The van der Waals surface area contributed by atoms with Gasteiger partial charge >= 0.3 is 0 Å². The van der Waals surface area contributed by atoms with Crippen molar-refractivity contribution >= 4 is 0 Å². The number of aliphatic hydroxyl groups is 1. The van der Waals surface area contributed by atoms with Gasteiger partial charge in [0.1, 0.15) is 5.75 Å². The summed E-state index contributed by atoms with van der Waals surface area (Å²) >= 11 is 0. The van der Waals surface area contributed by atoms with Crippen LogP contribution in [0.2, 0.25) is 0 Å². The van der Waals surface area contributed by atoms with Gasteiger partial charge in [-0.15, -0.1) is 0 Å². The molecule has 96 valence electrons. The topological polar surface area (TPSA) is 29.5 Å². The van der Waals surface area contributed by atoms with Gasteiger partial charge in [0, 0.05) is 6.42 Å². The Morgan fingerprint density at radius 3 is 2.59 bits per heavy atom. The van der Waals surface area contributed by atoms with Crippen molar-refractivity contribution in [2.24, 2.45) is 0 Å². The first kappa shape index (κ1) is 14.0. The molecule has 0 fully saturated rings. The van der Waals surface area contributed by atoms with Gasteiger partial charge in [-0.2, -0.15) is 0 Å². The van der Waals surface area contributed by atoms with Gasteiger partial charge in [0.25, 0.3) is 0 Å². The third-order valence-electron chi connectivity index (χ3n) is 2.89. The van der Waals surface area contributed by atoms with Gasteiger partial charge in [0.2, 0.25) is 0 Å². The SMILES string of the molecule is CCC(O)CCOc1cccc(C(C)(C)C)c1. The zero-order valence-corrected chi connectivity index (χ0v) is 11.4. The lowest BCUT2D eigenvalue weighted by atomic mass is 9.87. The first-order valence-electron chi connectivity index (χ1n) is 6.35. The highest BCUT2D eigenvalue weighted by atomic mass is 16.5. The van der Waals surface area contributed by atoms with E-state index < -0.39 is 0 Å². The number of rotatable bonds is 5. The summed E-state index contributed by atoms with van der Waals surface area (Å²) in [5, 5.41) is 9.44. The van der Waals surface area contributed by atoms with Crippen molar-refractivity contribution in [2.75, 3.05) is 6.61 Å². The summed E-state index contributed by atoms with van der Waals surface area (Å²) in [7, 11) is 0. The van der Waals surface area contributed by atoms with Gasteiger partial charge in [-0.05, 0) is 29.5 Å². The van der Waals surface area contributed by atoms with E-state index in [1.54, 1.807) is 0 Å². The van der Waals surface area contributed by atoms with Crippen molar-refractivity contribution in [3.05, 3.63) is 29.8 Å². The maximum absolute atomic E-state index is 9.44. The highest BCUT2D eigenvalue weighted by Gasteiger charge is 2.13. The van der Waals surface area contributed by atoms with Crippen molar-refractivity contribution in [3.8, 4) is 5.75 Å². The highest BCUT2D eigenvalue weighted by molar-refractivity contribution is 5.32. The van der Waals surface area contributed by atoms with E-state index in [9.17, 15) is 5.11 Å². The summed E-state index contributed by atoms with van der Waals surface area (Å²) in [6, 6.07) is 8.19. The molecule has 0 aromatic heterocycles. The predicted octanol–water partition coefficient (Wildman–Crippen LogP) is 3.52. The Balaban J connectivity index is 2.55. The minimum Gasteiger partial charge on any atom is -0.493 e. The Labute approximate surface area is 105 Å². The van der Waals surface area contributed by atoms with Crippen LogP contribution in [0.5, 0.6) is 5.75 Å². The van der Waals surface area contributed by atoms with Gasteiger partial charge in [0.05, 0.1) is 12.7 Å². The van der Waals surface area contributed by atoms with E-state index >= 15 is 0 Å². The van der Waals surface area contributed by atoms with E-state index in [0.717, 1.165) is 12.2 Å². The second-order valence-corrected chi connectivity index (χ2v) is 5.48. The molecule has 0 bridgehead atoms. The van der Waals surface area contributed by atoms with E-state index in [1.165, 1.54) is 5.56 Å². The normalized spacial score (nSPS) is 13.5.